The molecule has 1 aliphatic carbocycles. The first kappa shape index (κ1) is 13.9. The molecule has 1 fully saturated rings. The smallest absolute Gasteiger partial charge is 0.253 e. The van der Waals surface area contributed by atoms with E-state index in [1.54, 1.807) is 24.3 Å². The first-order chi connectivity index (χ1) is 8.59. The van der Waals surface area contributed by atoms with E-state index in [2.05, 4.69) is 15.9 Å². The Morgan fingerprint density at radius 2 is 1.89 bits per heavy atom. The van der Waals surface area contributed by atoms with Crippen molar-refractivity contribution in [1.29, 1.82) is 0 Å². The van der Waals surface area contributed by atoms with Gasteiger partial charge in [0.25, 0.3) is 5.91 Å². The third-order valence-corrected chi connectivity index (χ3v) is 4.88. The number of amides is 1. The second-order valence-electron chi connectivity index (χ2n) is 4.79. The molecule has 2 unspecified atom stereocenters. The van der Waals surface area contributed by atoms with Crippen LogP contribution in [0.25, 0.3) is 0 Å². The van der Waals surface area contributed by atoms with Gasteiger partial charge in [-0.05, 0) is 37.1 Å². The van der Waals surface area contributed by atoms with Crippen LogP contribution in [0.3, 0.4) is 0 Å². The number of rotatable bonds is 2. The van der Waals surface area contributed by atoms with Crippen molar-refractivity contribution in [3.8, 4) is 0 Å². The van der Waals surface area contributed by atoms with Crippen molar-refractivity contribution in [1.82, 2.24) is 4.90 Å². The Morgan fingerprint density at radius 1 is 1.28 bits per heavy atom. The molecule has 2 atom stereocenters. The number of nitrogens with zero attached hydrogens (tertiary/aromatic N) is 1. The Bertz CT molecular complexity index is 420. The van der Waals surface area contributed by atoms with Gasteiger partial charge in [0.1, 0.15) is 0 Å². The number of alkyl halides is 1. The lowest BCUT2D eigenvalue weighted by Gasteiger charge is -2.35. The summed E-state index contributed by atoms with van der Waals surface area (Å²) >= 11 is 9.53. The van der Waals surface area contributed by atoms with Crippen LogP contribution in [0.5, 0.6) is 0 Å². The highest BCUT2D eigenvalue weighted by atomic mass is 79.9. The van der Waals surface area contributed by atoms with Crippen LogP contribution < -0.4 is 0 Å². The quantitative estimate of drug-likeness (QED) is 0.747. The van der Waals surface area contributed by atoms with E-state index in [0.29, 0.717) is 21.5 Å². The molecule has 0 radical (unpaired) electrons. The highest BCUT2D eigenvalue weighted by molar-refractivity contribution is 9.09. The van der Waals surface area contributed by atoms with Crippen molar-refractivity contribution < 1.29 is 4.79 Å². The average molecular weight is 331 g/mol. The fourth-order valence-corrected chi connectivity index (χ4v) is 3.52. The van der Waals surface area contributed by atoms with Crippen molar-refractivity contribution in [2.45, 2.75) is 36.6 Å². The van der Waals surface area contributed by atoms with Gasteiger partial charge in [-0.25, -0.2) is 0 Å². The van der Waals surface area contributed by atoms with E-state index < -0.39 is 0 Å². The maximum atomic E-state index is 12.4. The fraction of sp³-hybridized carbons (Fsp3) is 0.500. The van der Waals surface area contributed by atoms with Crippen molar-refractivity contribution in [2.24, 2.45) is 0 Å². The predicted molar refractivity (Wildman–Crippen MR) is 78.5 cm³/mol. The number of halogens is 2. The Morgan fingerprint density at radius 3 is 2.50 bits per heavy atom. The lowest BCUT2D eigenvalue weighted by molar-refractivity contribution is 0.0705. The average Bonchev–Trinajstić information content (AvgIpc) is 2.38. The summed E-state index contributed by atoms with van der Waals surface area (Å²) in [5.41, 5.74) is 0.701. The second-order valence-corrected chi connectivity index (χ2v) is 6.40. The standard InChI is InChI=1S/C14H17BrClNO/c1-17(13-5-3-2-4-12(13)15)14(18)10-6-8-11(16)9-7-10/h6-9,12-13H,2-5H2,1H3. The van der Waals surface area contributed by atoms with E-state index in [4.69, 9.17) is 11.6 Å². The molecule has 0 aliphatic heterocycles. The Kier molecular flexibility index (Phi) is 4.68. The van der Waals surface area contributed by atoms with Gasteiger partial charge in [0.2, 0.25) is 0 Å². The first-order valence-corrected chi connectivity index (χ1v) is 7.56. The highest BCUT2D eigenvalue weighted by Crippen LogP contribution is 2.28. The summed E-state index contributed by atoms with van der Waals surface area (Å²) in [4.78, 5) is 14.6. The van der Waals surface area contributed by atoms with E-state index in [0.717, 1.165) is 12.8 Å². The molecular formula is C14H17BrClNO. The van der Waals surface area contributed by atoms with Gasteiger partial charge in [-0.1, -0.05) is 40.4 Å². The Hall–Kier alpha value is -0.540. The van der Waals surface area contributed by atoms with Gasteiger partial charge >= 0.3 is 0 Å². The van der Waals surface area contributed by atoms with Crippen LogP contribution in [0.2, 0.25) is 5.02 Å². The molecule has 1 aromatic rings. The SMILES string of the molecule is CN(C(=O)c1ccc(Cl)cc1)C1CCCCC1Br. The fourth-order valence-electron chi connectivity index (χ4n) is 2.45. The highest BCUT2D eigenvalue weighted by Gasteiger charge is 2.29. The summed E-state index contributed by atoms with van der Waals surface area (Å²) in [5.74, 6) is 0.0722. The van der Waals surface area contributed by atoms with Crippen LogP contribution in [0.4, 0.5) is 0 Å². The zero-order chi connectivity index (χ0) is 13.1. The molecule has 0 spiro atoms. The summed E-state index contributed by atoms with van der Waals surface area (Å²) < 4.78 is 0. The third kappa shape index (κ3) is 3.07. The summed E-state index contributed by atoms with van der Waals surface area (Å²) in [6.07, 6.45) is 4.66. The van der Waals surface area contributed by atoms with Gasteiger partial charge in [-0.3, -0.25) is 4.79 Å². The van der Waals surface area contributed by atoms with Gasteiger partial charge in [-0.15, -0.1) is 0 Å². The maximum Gasteiger partial charge on any atom is 0.253 e. The topological polar surface area (TPSA) is 20.3 Å². The monoisotopic (exact) mass is 329 g/mol. The number of carbonyl (C=O) groups is 1. The summed E-state index contributed by atoms with van der Waals surface area (Å²) in [6, 6.07) is 7.38. The molecule has 1 aliphatic rings. The molecule has 0 aromatic heterocycles. The van der Waals surface area contributed by atoms with E-state index in [1.165, 1.54) is 12.8 Å². The van der Waals surface area contributed by atoms with E-state index >= 15 is 0 Å². The van der Waals surface area contributed by atoms with Gasteiger partial charge in [-0.2, -0.15) is 0 Å². The molecule has 1 saturated carbocycles. The number of hydrogen-bond acceptors (Lipinski definition) is 1. The number of carbonyl (C=O) groups excluding carboxylic acids is 1. The normalized spacial score (nSPS) is 23.7. The number of hydrogen-bond donors (Lipinski definition) is 0. The molecule has 98 valence electrons. The summed E-state index contributed by atoms with van der Waals surface area (Å²) in [7, 11) is 1.89. The lowest BCUT2D eigenvalue weighted by Crippen LogP contribution is -2.44. The minimum Gasteiger partial charge on any atom is -0.338 e. The molecule has 0 bridgehead atoms. The minimum atomic E-state index is 0.0722. The molecule has 2 rings (SSSR count). The molecule has 4 heteroatoms. The zero-order valence-corrected chi connectivity index (χ0v) is 12.7. The minimum absolute atomic E-state index is 0.0722. The van der Waals surface area contributed by atoms with Gasteiger partial charge in [0, 0.05) is 28.5 Å². The third-order valence-electron chi connectivity index (χ3n) is 3.56. The van der Waals surface area contributed by atoms with Gasteiger partial charge < -0.3 is 4.90 Å². The van der Waals surface area contributed by atoms with Crippen LogP contribution in [-0.2, 0) is 0 Å². The summed E-state index contributed by atoms with van der Waals surface area (Å²) in [5, 5.41) is 0.658. The maximum absolute atomic E-state index is 12.4. The molecule has 0 heterocycles. The summed E-state index contributed by atoms with van der Waals surface area (Å²) in [6.45, 7) is 0. The molecule has 0 N–H and O–H groups in total. The lowest BCUT2D eigenvalue weighted by atomic mass is 9.94. The molecule has 2 nitrogen and oxygen atoms in total. The van der Waals surface area contributed by atoms with Crippen molar-refractivity contribution in [3.05, 3.63) is 34.9 Å². The van der Waals surface area contributed by atoms with Crippen LogP contribution in [0.15, 0.2) is 24.3 Å². The van der Waals surface area contributed by atoms with Gasteiger partial charge in [0.05, 0.1) is 0 Å². The zero-order valence-electron chi connectivity index (χ0n) is 10.4. The van der Waals surface area contributed by atoms with E-state index in [1.807, 2.05) is 11.9 Å². The Labute approximate surface area is 121 Å². The van der Waals surface area contributed by atoms with Gasteiger partial charge in [0.15, 0.2) is 0 Å². The van der Waals surface area contributed by atoms with E-state index in [-0.39, 0.29) is 5.91 Å². The van der Waals surface area contributed by atoms with Crippen molar-refractivity contribution in [2.75, 3.05) is 7.05 Å². The second kappa shape index (κ2) is 6.07. The predicted octanol–water partition coefficient (Wildman–Crippen LogP) is 4.12. The first-order valence-electron chi connectivity index (χ1n) is 6.26. The largest absolute Gasteiger partial charge is 0.338 e. The Balaban J connectivity index is 2.10. The number of benzene rings is 1. The van der Waals surface area contributed by atoms with Crippen LogP contribution in [-0.4, -0.2) is 28.7 Å². The van der Waals surface area contributed by atoms with Crippen LogP contribution >= 0.6 is 27.5 Å². The molecular weight excluding hydrogens is 314 g/mol. The van der Waals surface area contributed by atoms with Crippen LogP contribution in [0, 0.1) is 0 Å². The molecule has 0 saturated heterocycles. The van der Waals surface area contributed by atoms with Crippen molar-refractivity contribution >= 4 is 33.4 Å². The molecule has 1 amide bonds. The van der Waals surface area contributed by atoms with E-state index in [9.17, 15) is 4.79 Å². The van der Waals surface area contributed by atoms with Crippen molar-refractivity contribution in [3.63, 3.8) is 0 Å². The van der Waals surface area contributed by atoms with Crippen LogP contribution in [0.1, 0.15) is 36.0 Å². The molecule has 1 aromatic carbocycles. The molecule has 18 heavy (non-hydrogen) atoms.